The van der Waals surface area contributed by atoms with Crippen LogP contribution >= 0.6 is 0 Å². The van der Waals surface area contributed by atoms with Gasteiger partial charge in [-0.25, -0.2) is 4.98 Å². The lowest BCUT2D eigenvalue weighted by Gasteiger charge is -2.11. The van der Waals surface area contributed by atoms with Gasteiger partial charge in [-0.15, -0.1) is 0 Å². The number of hydrogen-bond donors (Lipinski definition) is 1. The van der Waals surface area contributed by atoms with Crippen LogP contribution in [0.5, 0.6) is 0 Å². The van der Waals surface area contributed by atoms with E-state index in [0.29, 0.717) is 16.9 Å². The third-order valence-corrected chi connectivity index (χ3v) is 5.15. The summed E-state index contributed by atoms with van der Waals surface area (Å²) < 4.78 is 0. The molecule has 30 heavy (non-hydrogen) atoms. The van der Waals surface area contributed by atoms with Gasteiger partial charge in [0.2, 0.25) is 0 Å². The number of rotatable bonds is 4. The van der Waals surface area contributed by atoms with Gasteiger partial charge in [-0.3, -0.25) is 9.59 Å². The molecule has 0 saturated heterocycles. The molecule has 0 aliphatic carbocycles. The molecular formula is C26H22N2O2. The second-order valence-electron chi connectivity index (χ2n) is 7.52. The lowest BCUT2D eigenvalue weighted by molar-refractivity contribution is 0.101. The van der Waals surface area contributed by atoms with E-state index in [-0.39, 0.29) is 11.7 Å². The third kappa shape index (κ3) is 3.85. The molecule has 4 heteroatoms. The Balaban J connectivity index is 1.54. The van der Waals surface area contributed by atoms with Gasteiger partial charge in [0.05, 0.1) is 5.52 Å². The zero-order valence-corrected chi connectivity index (χ0v) is 17.2. The second kappa shape index (κ2) is 7.91. The standard InChI is InChI=1S/C26H22N2O2/c1-16-14-17(2)24(18(3)15-16)25(29)20-8-10-21(11-9-20)26(30)28-23-13-12-19-6-4-5-7-22(19)27-23/h4-15H,1-3H3,(H,27,28,30). The molecule has 1 amide bonds. The van der Waals surface area contributed by atoms with Crippen LogP contribution in [-0.2, 0) is 0 Å². The summed E-state index contributed by atoms with van der Waals surface area (Å²) in [6.07, 6.45) is 0. The minimum Gasteiger partial charge on any atom is -0.307 e. The van der Waals surface area contributed by atoms with Gasteiger partial charge in [-0.2, -0.15) is 0 Å². The SMILES string of the molecule is Cc1cc(C)c(C(=O)c2ccc(C(=O)Nc3ccc4ccccc4n3)cc2)c(C)c1. The number of aryl methyl sites for hydroxylation is 3. The zero-order chi connectivity index (χ0) is 21.3. The van der Waals surface area contributed by atoms with Crippen LogP contribution in [0, 0.1) is 20.8 Å². The maximum atomic E-state index is 13.0. The van der Waals surface area contributed by atoms with Crippen LogP contribution in [0.2, 0.25) is 0 Å². The number of nitrogens with zero attached hydrogens (tertiary/aromatic N) is 1. The molecule has 0 atom stereocenters. The summed E-state index contributed by atoms with van der Waals surface area (Å²) in [5.74, 6) is 0.192. The average Bonchev–Trinajstić information content (AvgIpc) is 2.73. The largest absolute Gasteiger partial charge is 0.307 e. The zero-order valence-electron chi connectivity index (χ0n) is 17.2. The normalized spacial score (nSPS) is 10.8. The number of carbonyl (C=O) groups excluding carboxylic acids is 2. The van der Waals surface area contributed by atoms with Gasteiger partial charge >= 0.3 is 0 Å². The van der Waals surface area contributed by atoms with Crippen molar-refractivity contribution >= 4 is 28.4 Å². The fourth-order valence-corrected chi connectivity index (χ4v) is 3.78. The summed E-state index contributed by atoms with van der Waals surface area (Å²) in [7, 11) is 0. The Labute approximate surface area is 175 Å². The lowest BCUT2D eigenvalue weighted by atomic mass is 9.93. The van der Waals surface area contributed by atoms with Crippen molar-refractivity contribution in [1.29, 1.82) is 0 Å². The second-order valence-corrected chi connectivity index (χ2v) is 7.52. The minimum atomic E-state index is -0.264. The number of carbonyl (C=O) groups is 2. The topological polar surface area (TPSA) is 59.1 Å². The summed E-state index contributed by atoms with van der Waals surface area (Å²) in [6, 6.07) is 22.2. The van der Waals surface area contributed by atoms with Crippen LogP contribution in [0.25, 0.3) is 10.9 Å². The number of aromatic nitrogens is 1. The summed E-state index contributed by atoms with van der Waals surface area (Å²) in [6.45, 7) is 5.92. The van der Waals surface area contributed by atoms with Gasteiger partial charge in [0.1, 0.15) is 5.82 Å². The van der Waals surface area contributed by atoms with Crippen molar-refractivity contribution in [1.82, 2.24) is 4.98 Å². The molecule has 4 rings (SSSR count). The number of para-hydroxylation sites is 1. The van der Waals surface area contributed by atoms with E-state index in [1.54, 1.807) is 30.3 Å². The molecule has 0 spiro atoms. The molecule has 0 bridgehead atoms. The van der Waals surface area contributed by atoms with E-state index in [1.807, 2.05) is 63.2 Å². The first kappa shape index (κ1) is 19.5. The predicted octanol–water partition coefficient (Wildman–Crippen LogP) is 5.64. The summed E-state index contributed by atoms with van der Waals surface area (Å²) in [4.78, 5) is 30.1. The number of anilines is 1. The molecule has 0 aliphatic heterocycles. The first-order valence-corrected chi connectivity index (χ1v) is 9.82. The Hall–Kier alpha value is -3.79. The van der Waals surface area contributed by atoms with Gasteiger partial charge in [0.25, 0.3) is 5.91 Å². The predicted molar refractivity (Wildman–Crippen MR) is 120 cm³/mol. The van der Waals surface area contributed by atoms with E-state index in [4.69, 9.17) is 0 Å². The molecule has 0 fully saturated rings. The minimum absolute atomic E-state index is 0.0341. The lowest BCUT2D eigenvalue weighted by Crippen LogP contribution is -2.13. The Bertz CT molecular complexity index is 1250. The fourth-order valence-electron chi connectivity index (χ4n) is 3.78. The van der Waals surface area contributed by atoms with Crippen molar-refractivity contribution in [2.24, 2.45) is 0 Å². The fraction of sp³-hybridized carbons (Fsp3) is 0.115. The highest BCUT2D eigenvalue weighted by molar-refractivity contribution is 6.11. The summed E-state index contributed by atoms with van der Waals surface area (Å²) >= 11 is 0. The molecule has 148 valence electrons. The van der Waals surface area contributed by atoms with E-state index >= 15 is 0 Å². The Morgan fingerprint density at radius 1 is 0.767 bits per heavy atom. The molecule has 4 nitrogen and oxygen atoms in total. The number of pyridine rings is 1. The van der Waals surface area contributed by atoms with Gasteiger partial charge in [-0.1, -0.05) is 48.0 Å². The third-order valence-electron chi connectivity index (χ3n) is 5.15. The van der Waals surface area contributed by atoms with E-state index in [1.165, 1.54) is 0 Å². The highest BCUT2D eigenvalue weighted by atomic mass is 16.1. The van der Waals surface area contributed by atoms with E-state index in [2.05, 4.69) is 10.3 Å². The Kier molecular flexibility index (Phi) is 5.15. The van der Waals surface area contributed by atoms with E-state index in [0.717, 1.165) is 33.2 Å². The smallest absolute Gasteiger partial charge is 0.256 e. The van der Waals surface area contributed by atoms with E-state index < -0.39 is 0 Å². The van der Waals surface area contributed by atoms with Crippen molar-refractivity contribution in [3.8, 4) is 0 Å². The molecule has 1 aromatic heterocycles. The van der Waals surface area contributed by atoms with Crippen molar-refractivity contribution in [3.63, 3.8) is 0 Å². The number of hydrogen-bond acceptors (Lipinski definition) is 3. The first-order chi connectivity index (χ1) is 14.4. The highest BCUT2D eigenvalue weighted by Crippen LogP contribution is 2.21. The number of amides is 1. The van der Waals surface area contributed by atoms with Gasteiger partial charge in [-0.05, 0) is 62.2 Å². The maximum Gasteiger partial charge on any atom is 0.256 e. The van der Waals surface area contributed by atoms with Crippen molar-refractivity contribution in [2.45, 2.75) is 20.8 Å². The van der Waals surface area contributed by atoms with Gasteiger partial charge < -0.3 is 5.32 Å². The van der Waals surface area contributed by atoms with Crippen LogP contribution in [0.1, 0.15) is 43.0 Å². The van der Waals surface area contributed by atoms with Crippen LogP contribution in [0.3, 0.4) is 0 Å². The van der Waals surface area contributed by atoms with Crippen LogP contribution in [0.15, 0.2) is 72.8 Å². The molecule has 0 aliphatic rings. The number of fused-ring (bicyclic) bond motifs is 1. The maximum absolute atomic E-state index is 13.0. The molecule has 4 aromatic rings. The first-order valence-electron chi connectivity index (χ1n) is 9.82. The molecule has 0 radical (unpaired) electrons. The Morgan fingerprint density at radius 2 is 1.40 bits per heavy atom. The summed E-state index contributed by atoms with van der Waals surface area (Å²) in [5.41, 5.74) is 5.63. The number of nitrogens with one attached hydrogen (secondary N) is 1. The molecule has 0 saturated carbocycles. The van der Waals surface area contributed by atoms with Crippen LogP contribution in [-0.4, -0.2) is 16.7 Å². The van der Waals surface area contributed by atoms with Crippen molar-refractivity contribution in [3.05, 3.63) is 106 Å². The molecular weight excluding hydrogens is 372 g/mol. The quantitative estimate of drug-likeness (QED) is 0.456. The van der Waals surface area contributed by atoms with Gasteiger partial charge in [0, 0.05) is 22.1 Å². The molecule has 1 N–H and O–H groups in total. The van der Waals surface area contributed by atoms with Crippen LogP contribution in [0.4, 0.5) is 5.82 Å². The van der Waals surface area contributed by atoms with Gasteiger partial charge in [0.15, 0.2) is 5.78 Å². The Morgan fingerprint density at radius 3 is 2.10 bits per heavy atom. The molecule has 3 aromatic carbocycles. The number of ketones is 1. The molecule has 1 heterocycles. The average molecular weight is 394 g/mol. The van der Waals surface area contributed by atoms with Crippen LogP contribution < -0.4 is 5.32 Å². The number of benzene rings is 3. The monoisotopic (exact) mass is 394 g/mol. The highest BCUT2D eigenvalue weighted by Gasteiger charge is 2.16. The van der Waals surface area contributed by atoms with Crippen molar-refractivity contribution in [2.75, 3.05) is 5.32 Å². The van der Waals surface area contributed by atoms with Crippen molar-refractivity contribution < 1.29 is 9.59 Å². The van der Waals surface area contributed by atoms with E-state index in [9.17, 15) is 9.59 Å². The molecule has 0 unspecified atom stereocenters. The summed E-state index contributed by atoms with van der Waals surface area (Å²) in [5, 5.41) is 3.83.